The zero-order valence-corrected chi connectivity index (χ0v) is 6.01. The first kappa shape index (κ1) is 7.06. The molecule has 0 aromatic rings. The molecule has 2 nitrogen and oxygen atoms in total. The molecule has 1 atom stereocenters. The molecule has 10 heavy (non-hydrogen) atoms. The van der Waals surface area contributed by atoms with Gasteiger partial charge in [-0.05, 0) is 12.6 Å². The van der Waals surface area contributed by atoms with Crippen molar-refractivity contribution in [2.45, 2.75) is 6.42 Å². The van der Waals surface area contributed by atoms with Gasteiger partial charge in [-0.1, -0.05) is 12.7 Å². The van der Waals surface area contributed by atoms with E-state index in [-0.39, 0.29) is 5.92 Å². The predicted octanol–water partition coefficient (Wildman–Crippen LogP) is 1.62. The number of rotatable bonds is 2. The van der Waals surface area contributed by atoms with Crippen LogP contribution < -0.4 is 0 Å². The van der Waals surface area contributed by atoms with Crippen LogP contribution >= 0.6 is 0 Å². The van der Waals surface area contributed by atoms with E-state index < -0.39 is 0 Å². The topological polar surface area (TPSA) is 27.1 Å². The van der Waals surface area contributed by atoms with E-state index in [1.807, 2.05) is 11.0 Å². The molecule has 0 aromatic carbocycles. The van der Waals surface area contributed by atoms with Crippen LogP contribution in [0.4, 0.5) is 0 Å². The summed E-state index contributed by atoms with van der Waals surface area (Å²) in [5, 5.41) is 7.55. The number of hydrogen-bond acceptors (Lipinski definition) is 1. The Morgan fingerprint density at radius 1 is 1.60 bits per heavy atom. The van der Waals surface area contributed by atoms with E-state index in [9.17, 15) is 0 Å². The van der Waals surface area contributed by atoms with Gasteiger partial charge in [0.25, 0.3) is 0 Å². The van der Waals surface area contributed by atoms with Crippen LogP contribution in [-0.4, -0.2) is 17.3 Å². The maximum atomic E-state index is 7.55. The number of likely N-dealkylation sites (tertiary alicyclic amines) is 1. The molecule has 1 saturated heterocycles. The van der Waals surface area contributed by atoms with E-state index in [0.29, 0.717) is 5.84 Å². The molecule has 1 unspecified atom stereocenters. The highest BCUT2D eigenvalue weighted by atomic mass is 15.2. The van der Waals surface area contributed by atoms with Crippen molar-refractivity contribution in [3.8, 4) is 0 Å². The second-order valence-electron chi connectivity index (χ2n) is 2.39. The van der Waals surface area contributed by atoms with Gasteiger partial charge in [0.05, 0.1) is 0 Å². The molecular weight excluding hydrogens is 124 g/mol. The van der Waals surface area contributed by atoms with Crippen molar-refractivity contribution in [1.82, 2.24) is 4.90 Å². The van der Waals surface area contributed by atoms with Crippen LogP contribution in [0, 0.1) is 11.3 Å². The Morgan fingerprint density at radius 3 is 2.60 bits per heavy atom. The van der Waals surface area contributed by atoms with Crippen molar-refractivity contribution >= 4 is 5.84 Å². The van der Waals surface area contributed by atoms with Crippen LogP contribution in [-0.2, 0) is 0 Å². The van der Waals surface area contributed by atoms with Crippen LogP contribution in [0.2, 0.25) is 0 Å². The van der Waals surface area contributed by atoms with Crippen molar-refractivity contribution < 1.29 is 0 Å². The molecular formula is C8H12N2. The summed E-state index contributed by atoms with van der Waals surface area (Å²) >= 11 is 0. The van der Waals surface area contributed by atoms with Gasteiger partial charge in [-0.15, -0.1) is 6.58 Å². The molecule has 1 heterocycles. The molecule has 1 aliphatic heterocycles. The van der Waals surface area contributed by atoms with Crippen molar-refractivity contribution in [1.29, 1.82) is 5.41 Å². The molecule has 1 N–H and O–H groups in total. The van der Waals surface area contributed by atoms with Gasteiger partial charge in [0.1, 0.15) is 5.84 Å². The second-order valence-corrected chi connectivity index (χ2v) is 2.39. The van der Waals surface area contributed by atoms with Gasteiger partial charge in [0.2, 0.25) is 0 Å². The third-order valence-corrected chi connectivity index (χ3v) is 1.85. The fraction of sp³-hybridized carbons (Fsp3) is 0.375. The first-order valence-corrected chi connectivity index (χ1v) is 3.39. The number of nitrogens with zero attached hydrogens (tertiary/aromatic N) is 1. The largest absolute Gasteiger partial charge is 0.337 e. The Balaban J connectivity index is 2.66. The van der Waals surface area contributed by atoms with Crippen molar-refractivity contribution in [2.75, 3.05) is 6.54 Å². The lowest BCUT2D eigenvalue weighted by molar-refractivity contribution is 0.600. The Kier molecular flexibility index (Phi) is 1.90. The lowest BCUT2D eigenvalue weighted by Crippen LogP contribution is -2.19. The van der Waals surface area contributed by atoms with Crippen LogP contribution in [0.25, 0.3) is 0 Å². The lowest BCUT2D eigenvalue weighted by Gasteiger charge is -2.11. The van der Waals surface area contributed by atoms with E-state index >= 15 is 0 Å². The van der Waals surface area contributed by atoms with Gasteiger partial charge in [-0.2, -0.15) is 0 Å². The molecule has 0 bridgehead atoms. The van der Waals surface area contributed by atoms with Gasteiger partial charge in [0.15, 0.2) is 0 Å². The van der Waals surface area contributed by atoms with Crippen LogP contribution in [0.3, 0.4) is 0 Å². The molecule has 1 aliphatic rings. The van der Waals surface area contributed by atoms with Gasteiger partial charge in [-0.3, -0.25) is 5.41 Å². The second kappa shape index (κ2) is 2.69. The Hall–Kier alpha value is -1.05. The van der Waals surface area contributed by atoms with Gasteiger partial charge < -0.3 is 4.90 Å². The van der Waals surface area contributed by atoms with Gasteiger partial charge in [0, 0.05) is 12.5 Å². The maximum Gasteiger partial charge on any atom is 0.107 e. The SMILES string of the molecule is C=CC1CCN(C=C)C1=N. The predicted molar refractivity (Wildman–Crippen MR) is 42.9 cm³/mol. The summed E-state index contributed by atoms with van der Waals surface area (Å²) in [6, 6.07) is 0. The molecule has 0 amide bonds. The Morgan fingerprint density at radius 2 is 2.30 bits per heavy atom. The summed E-state index contributed by atoms with van der Waals surface area (Å²) in [7, 11) is 0. The zero-order chi connectivity index (χ0) is 7.56. The first-order chi connectivity index (χ1) is 4.79. The average molecular weight is 136 g/mol. The van der Waals surface area contributed by atoms with E-state index in [1.165, 1.54) is 0 Å². The highest BCUT2D eigenvalue weighted by molar-refractivity contribution is 5.85. The normalized spacial score (nSPS) is 25.0. The number of amidine groups is 1. The smallest absolute Gasteiger partial charge is 0.107 e. The van der Waals surface area contributed by atoms with E-state index in [2.05, 4.69) is 13.2 Å². The molecule has 0 radical (unpaired) electrons. The molecule has 0 saturated carbocycles. The van der Waals surface area contributed by atoms with E-state index in [0.717, 1.165) is 13.0 Å². The molecule has 0 spiro atoms. The maximum absolute atomic E-state index is 7.55. The summed E-state index contributed by atoms with van der Waals surface area (Å²) in [6.07, 6.45) is 4.53. The van der Waals surface area contributed by atoms with Gasteiger partial charge >= 0.3 is 0 Å². The quantitative estimate of drug-likeness (QED) is 0.574. The minimum Gasteiger partial charge on any atom is -0.337 e. The minimum atomic E-state index is 0.248. The highest BCUT2D eigenvalue weighted by Crippen LogP contribution is 2.18. The molecule has 0 aromatic heterocycles. The summed E-state index contributed by atoms with van der Waals surface area (Å²) < 4.78 is 0. The van der Waals surface area contributed by atoms with Crippen LogP contribution in [0.15, 0.2) is 25.4 Å². The lowest BCUT2D eigenvalue weighted by atomic mass is 10.1. The Bertz CT molecular complexity index is 154. The monoisotopic (exact) mass is 136 g/mol. The van der Waals surface area contributed by atoms with E-state index in [4.69, 9.17) is 5.41 Å². The molecule has 2 heteroatoms. The standard InChI is InChI=1S/C8H12N2/c1-3-7-5-6-10(4-2)8(7)9/h3-4,7,9H,1-2,5-6H2. The van der Waals surface area contributed by atoms with Gasteiger partial charge in [-0.25, -0.2) is 0 Å². The third kappa shape index (κ3) is 0.967. The third-order valence-electron chi connectivity index (χ3n) is 1.85. The average Bonchev–Trinajstić information content (AvgIpc) is 2.30. The summed E-state index contributed by atoms with van der Waals surface area (Å²) in [4.78, 5) is 1.85. The summed E-state index contributed by atoms with van der Waals surface area (Å²) in [5.41, 5.74) is 0. The van der Waals surface area contributed by atoms with Crippen LogP contribution in [0.5, 0.6) is 0 Å². The summed E-state index contributed by atoms with van der Waals surface area (Å²) in [5.74, 6) is 0.878. The van der Waals surface area contributed by atoms with E-state index in [1.54, 1.807) is 6.20 Å². The molecule has 1 fully saturated rings. The molecule has 54 valence electrons. The first-order valence-electron chi connectivity index (χ1n) is 3.39. The fourth-order valence-electron chi connectivity index (χ4n) is 1.17. The molecule has 1 rings (SSSR count). The highest BCUT2D eigenvalue weighted by Gasteiger charge is 2.23. The van der Waals surface area contributed by atoms with Crippen molar-refractivity contribution in [3.63, 3.8) is 0 Å². The van der Waals surface area contributed by atoms with Crippen molar-refractivity contribution in [3.05, 3.63) is 25.4 Å². The number of hydrogen-bond donors (Lipinski definition) is 1. The fourth-order valence-corrected chi connectivity index (χ4v) is 1.17. The van der Waals surface area contributed by atoms with Crippen LogP contribution in [0.1, 0.15) is 6.42 Å². The Labute approximate surface area is 61.4 Å². The summed E-state index contributed by atoms with van der Waals surface area (Å²) in [6.45, 7) is 8.19. The molecule has 0 aliphatic carbocycles. The number of nitrogens with one attached hydrogen (secondary N) is 1. The minimum absolute atomic E-state index is 0.248. The zero-order valence-electron chi connectivity index (χ0n) is 6.01. The van der Waals surface area contributed by atoms with Crippen molar-refractivity contribution in [2.24, 2.45) is 5.92 Å².